The average molecular weight is 419 g/mol. The van der Waals surface area contributed by atoms with Gasteiger partial charge >= 0.3 is 0 Å². The van der Waals surface area contributed by atoms with Crippen LogP contribution in [-0.2, 0) is 16.1 Å². The number of hydrogen-bond acceptors (Lipinski definition) is 6. The average Bonchev–Trinajstić information content (AvgIpc) is 3.38. The Hall–Kier alpha value is -2.29. The van der Waals surface area contributed by atoms with E-state index in [1.54, 1.807) is 6.26 Å². The van der Waals surface area contributed by atoms with Gasteiger partial charge in [-0.2, -0.15) is 0 Å². The van der Waals surface area contributed by atoms with Gasteiger partial charge in [-0.1, -0.05) is 23.4 Å². The van der Waals surface area contributed by atoms with E-state index in [0.29, 0.717) is 54.6 Å². The molecule has 0 saturated carbocycles. The zero-order valence-corrected chi connectivity index (χ0v) is 16.7. The summed E-state index contributed by atoms with van der Waals surface area (Å²) in [5.41, 5.74) is 0.898. The topological polar surface area (TPSA) is 73.4 Å². The van der Waals surface area contributed by atoms with Crippen molar-refractivity contribution in [3.8, 4) is 11.4 Å². The Labute approximate surface area is 171 Å². The van der Waals surface area contributed by atoms with Gasteiger partial charge in [0.15, 0.2) is 11.0 Å². The second kappa shape index (κ2) is 8.81. The number of carbonyl (C=O) groups is 1. The molecule has 7 nitrogen and oxygen atoms in total. The summed E-state index contributed by atoms with van der Waals surface area (Å²) in [4.78, 5) is 14.3. The van der Waals surface area contributed by atoms with Crippen LogP contribution in [0.25, 0.3) is 11.4 Å². The number of nitrogens with zero attached hydrogens (tertiary/aromatic N) is 4. The van der Waals surface area contributed by atoms with E-state index in [4.69, 9.17) is 20.8 Å². The van der Waals surface area contributed by atoms with Gasteiger partial charge in [0, 0.05) is 23.7 Å². The minimum absolute atomic E-state index is 0.0777. The zero-order valence-electron chi connectivity index (χ0n) is 15.1. The summed E-state index contributed by atoms with van der Waals surface area (Å²) in [5, 5.41) is 10.00. The third kappa shape index (κ3) is 4.40. The number of carbonyl (C=O) groups excluding carboxylic acids is 1. The number of hydrogen-bond donors (Lipinski definition) is 0. The van der Waals surface area contributed by atoms with Crippen molar-refractivity contribution >= 4 is 29.3 Å². The van der Waals surface area contributed by atoms with Crippen LogP contribution < -0.4 is 0 Å². The Bertz CT molecular complexity index is 921. The monoisotopic (exact) mass is 418 g/mol. The summed E-state index contributed by atoms with van der Waals surface area (Å²) in [6.45, 7) is 2.92. The van der Waals surface area contributed by atoms with Gasteiger partial charge in [-0.05, 0) is 36.4 Å². The maximum atomic E-state index is 12.5. The van der Waals surface area contributed by atoms with Gasteiger partial charge in [0.1, 0.15) is 5.76 Å². The molecule has 3 aromatic rings. The molecule has 1 aromatic carbocycles. The highest BCUT2D eigenvalue weighted by Gasteiger charge is 2.20. The molecule has 9 heteroatoms. The predicted molar refractivity (Wildman–Crippen MR) is 106 cm³/mol. The number of benzene rings is 1. The fourth-order valence-corrected chi connectivity index (χ4v) is 3.91. The molecule has 1 saturated heterocycles. The lowest BCUT2D eigenvalue weighted by molar-refractivity contribution is -0.132. The fourth-order valence-electron chi connectivity index (χ4n) is 2.94. The van der Waals surface area contributed by atoms with Crippen LogP contribution in [0.5, 0.6) is 0 Å². The van der Waals surface area contributed by atoms with Crippen molar-refractivity contribution in [2.75, 3.05) is 32.1 Å². The number of halogens is 1. The Morgan fingerprint density at radius 1 is 1.14 bits per heavy atom. The number of ether oxygens (including phenoxy) is 1. The molecule has 0 radical (unpaired) electrons. The molecule has 1 fully saturated rings. The molecule has 0 N–H and O–H groups in total. The van der Waals surface area contributed by atoms with Crippen molar-refractivity contribution in [1.29, 1.82) is 0 Å². The molecule has 2 aromatic heterocycles. The Kier molecular flexibility index (Phi) is 5.99. The number of morpholine rings is 1. The van der Waals surface area contributed by atoms with Gasteiger partial charge in [0.25, 0.3) is 0 Å². The molecule has 0 bridgehead atoms. The van der Waals surface area contributed by atoms with Crippen LogP contribution in [0.2, 0.25) is 5.02 Å². The van der Waals surface area contributed by atoms with Crippen molar-refractivity contribution < 1.29 is 13.9 Å². The predicted octanol–water partition coefficient (Wildman–Crippen LogP) is 3.19. The van der Waals surface area contributed by atoms with E-state index < -0.39 is 0 Å². The number of thioether (sulfide) groups is 1. The van der Waals surface area contributed by atoms with E-state index in [0.717, 1.165) is 11.3 Å². The van der Waals surface area contributed by atoms with Crippen molar-refractivity contribution in [1.82, 2.24) is 19.7 Å². The highest BCUT2D eigenvalue weighted by Crippen LogP contribution is 2.26. The number of furan rings is 1. The SMILES string of the molecule is O=C(CSc1nnc(-c2ccc(Cl)cc2)n1Cc1ccco1)N1CCOCC1. The standard InChI is InChI=1S/C19H19ClN4O3S/c20-15-5-3-14(4-6-15)18-21-22-19(24(18)12-16-2-1-9-27-16)28-13-17(25)23-7-10-26-11-8-23/h1-6,9H,7-8,10-13H2. The largest absolute Gasteiger partial charge is 0.467 e. The van der Waals surface area contributed by atoms with E-state index in [9.17, 15) is 4.79 Å². The van der Waals surface area contributed by atoms with E-state index in [1.165, 1.54) is 11.8 Å². The number of aromatic nitrogens is 3. The van der Waals surface area contributed by atoms with Crippen LogP contribution in [0.15, 0.2) is 52.2 Å². The molecule has 28 heavy (non-hydrogen) atoms. The molecule has 1 aliphatic rings. The molecule has 146 valence electrons. The van der Waals surface area contributed by atoms with E-state index in [1.807, 2.05) is 45.9 Å². The second-order valence-electron chi connectivity index (χ2n) is 6.26. The first kappa shape index (κ1) is 19.0. The molecule has 1 amide bonds. The van der Waals surface area contributed by atoms with Crippen LogP contribution in [0.4, 0.5) is 0 Å². The van der Waals surface area contributed by atoms with Crippen LogP contribution >= 0.6 is 23.4 Å². The van der Waals surface area contributed by atoms with Crippen LogP contribution in [-0.4, -0.2) is 57.6 Å². The Morgan fingerprint density at radius 2 is 1.93 bits per heavy atom. The van der Waals surface area contributed by atoms with Gasteiger partial charge in [0.05, 0.1) is 31.8 Å². The molecule has 1 aliphatic heterocycles. The molecular formula is C19H19ClN4O3S. The van der Waals surface area contributed by atoms with Crippen molar-refractivity contribution in [3.05, 3.63) is 53.4 Å². The van der Waals surface area contributed by atoms with Crippen molar-refractivity contribution in [2.24, 2.45) is 0 Å². The maximum absolute atomic E-state index is 12.5. The first-order valence-electron chi connectivity index (χ1n) is 8.90. The fraction of sp³-hybridized carbons (Fsp3) is 0.316. The summed E-state index contributed by atoms with van der Waals surface area (Å²) in [6.07, 6.45) is 1.64. The van der Waals surface area contributed by atoms with Gasteiger partial charge < -0.3 is 14.1 Å². The van der Waals surface area contributed by atoms with Gasteiger partial charge in [0.2, 0.25) is 5.91 Å². The Balaban J connectivity index is 1.55. The molecule has 4 rings (SSSR count). The highest BCUT2D eigenvalue weighted by atomic mass is 35.5. The normalized spacial score (nSPS) is 14.4. The number of amides is 1. The van der Waals surface area contributed by atoms with Crippen LogP contribution in [0, 0.1) is 0 Å². The number of rotatable bonds is 6. The summed E-state index contributed by atoms with van der Waals surface area (Å²) in [6, 6.07) is 11.2. The van der Waals surface area contributed by atoms with E-state index in [2.05, 4.69) is 10.2 Å². The molecule has 0 spiro atoms. The molecule has 0 unspecified atom stereocenters. The third-order valence-corrected chi connectivity index (χ3v) is 5.61. The highest BCUT2D eigenvalue weighted by molar-refractivity contribution is 7.99. The molecule has 0 atom stereocenters. The quantitative estimate of drug-likeness (QED) is 0.572. The zero-order chi connectivity index (χ0) is 19.3. The summed E-state index contributed by atoms with van der Waals surface area (Å²) in [5.74, 6) is 1.87. The lowest BCUT2D eigenvalue weighted by atomic mass is 10.2. The lowest BCUT2D eigenvalue weighted by Crippen LogP contribution is -2.41. The molecular weight excluding hydrogens is 400 g/mol. The van der Waals surface area contributed by atoms with Crippen LogP contribution in [0.3, 0.4) is 0 Å². The minimum Gasteiger partial charge on any atom is -0.467 e. The van der Waals surface area contributed by atoms with E-state index >= 15 is 0 Å². The Morgan fingerprint density at radius 3 is 2.64 bits per heavy atom. The maximum Gasteiger partial charge on any atom is 0.233 e. The second-order valence-corrected chi connectivity index (χ2v) is 7.64. The van der Waals surface area contributed by atoms with Gasteiger partial charge in [-0.25, -0.2) is 0 Å². The summed E-state index contributed by atoms with van der Waals surface area (Å²) in [7, 11) is 0. The minimum atomic E-state index is 0.0777. The smallest absolute Gasteiger partial charge is 0.233 e. The van der Waals surface area contributed by atoms with Gasteiger partial charge in [-0.15, -0.1) is 10.2 Å². The first-order chi connectivity index (χ1) is 13.7. The molecule has 0 aliphatic carbocycles. The summed E-state index contributed by atoms with van der Waals surface area (Å²) < 4.78 is 12.8. The summed E-state index contributed by atoms with van der Waals surface area (Å²) >= 11 is 7.38. The van der Waals surface area contributed by atoms with Gasteiger partial charge in [-0.3, -0.25) is 9.36 Å². The molecule has 3 heterocycles. The third-order valence-electron chi connectivity index (χ3n) is 4.40. The van der Waals surface area contributed by atoms with Crippen molar-refractivity contribution in [2.45, 2.75) is 11.7 Å². The van der Waals surface area contributed by atoms with Crippen LogP contribution in [0.1, 0.15) is 5.76 Å². The van der Waals surface area contributed by atoms with Crippen molar-refractivity contribution in [3.63, 3.8) is 0 Å². The first-order valence-corrected chi connectivity index (χ1v) is 10.3. The lowest BCUT2D eigenvalue weighted by Gasteiger charge is -2.26. The van der Waals surface area contributed by atoms with E-state index in [-0.39, 0.29) is 5.91 Å².